The summed E-state index contributed by atoms with van der Waals surface area (Å²) in [5.74, 6) is 0.505. The van der Waals surface area contributed by atoms with Gasteiger partial charge in [-0.05, 0) is 25.7 Å². The first kappa shape index (κ1) is 15.2. The molecule has 1 aliphatic heterocycles. The molecule has 0 aromatic rings. The van der Waals surface area contributed by atoms with E-state index >= 15 is 0 Å². The maximum Gasteiger partial charge on any atom is 0.318 e. The van der Waals surface area contributed by atoms with E-state index in [0.29, 0.717) is 19.1 Å². The minimum Gasteiger partial charge on any atom is -0.394 e. The molecule has 1 saturated heterocycles. The highest BCUT2D eigenvalue weighted by Gasteiger charge is 2.28. The van der Waals surface area contributed by atoms with Gasteiger partial charge in [-0.3, -0.25) is 0 Å². The number of hydrogen-bond donors (Lipinski definition) is 2. The van der Waals surface area contributed by atoms with Crippen LogP contribution in [-0.2, 0) is 4.74 Å². The van der Waals surface area contributed by atoms with Crippen LogP contribution in [0.2, 0.25) is 0 Å². The van der Waals surface area contributed by atoms with Crippen molar-refractivity contribution in [1.82, 2.24) is 10.2 Å². The van der Waals surface area contributed by atoms with E-state index in [9.17, 15) is 9.90 Å². The van der Waals surface area contributed by atoms with Crippen molar-refractivity contribution in [3.63, 3.8) is 0 Å². The monoisotopic (exact) mass is 258 g/mol. The lowest BCUT2D eigenvalue weighted by Gasteiger charge is -2.25. The Balaban J connectivity index is 2.26. The fraction of sp³-hybridized carbons (Fsp3) is 0.923. The van der Waals surface area contributed by atoms with Crippen molar-refractivity contribution in [3.05, 3.63) is 0 Å². The number of nitrogens with one attached hydrogen (secondary N) is 1. The zero-order valence-electron chi connectivity index (χ0n) is 11.7. The van der Waals surface area contributed by atoms with Crippen molar-refractivity contribution in [1.29, 1.82) is 0 Å². The smallest absolute Gasteiger partial charge is 0.318 e. The Hall–Kier alpha value is -0.810. The lowest BCUT2D eigenvalue weighted by Crippen LogP contribution is -2.48. The van der Waals surface area contributed by atoms with Crippen LogP contribution in [0.5, 0.6) is 0 Å². The van der Waals surface area contributed by atoms with Gasteiger partial charge in [0.1, 0.15) is 0 Å². The van der Waals surface area contributed by atoms with E-state index in [-0.39, 0.29) is 24.7 Å². The number of rotatable bonds is 6. The first-order chi connectivity index (χ1) is 8.54. The molecule has 18 heavy (non-hydrogen) atoms. The van der Waals surface area contributed by atoms with E-state index in [1.165, 1.54) is 0 Å². The number of nitrogens with zero attached hydrogens (tertiary/aromatic N) is 1. The first-order valence-electron chi connectivity index (χ1n) is 6.80. The molecule has 1 rings (SSSR count). The van der Waals surface area contributed by atoms with Gasteiger partial charge in [-0.2, -0.15) is 0 Å². The van der Waals surface area contributed by atoms with E-state index in [4.69, 9.17) is 4.74 Å². The van der Waals surface area contributed by atoms with Crippen molar-refractivity contribution >= 4 is 6.03 Å². The lowest BCUT2D eigenvalue weighted by molar-refractivity contribution is 0.0917. The molecule has 5 nitrogen and oxygen atoms in total. The average Bonchev–Trinajstić information content (AvgIpc) is 2.76. The van der Waals surface area contributed by atoms with Gasteiger partial charge in [0.25, 0.3) is 0 Å². The van der Waals surface area contributed by atoms with Crippen LogP contribution in [0.3, 0.4) is 0 Å². The number of hydrogen-bond acceptors (Lipinski definition) is 3. The summed E-state index contributed by atoms with van der Waals surface area (Å²) in [6.07, 6.45) is 1.86. The van der Waals surface area contributed by atoms with E-state index in [2.05, 4.69) is 19.2 Å². The predicted octanol–water partition coefficient (Wildman–Crippen LogP) is 1.21. The Morgan fingerprint density at radius 3 is 2.78 bits per heavy atom. The van der Waals surface area contributed by atoms with E-state index < -0.39 is 0 Å². The zero-order chi connectivity index (χ0) is 13.5. The molecule has 0 aromatic heterocycles. The van der Waals surface area contributed by atoms with Crippen LogP contribution in [0, 0.1) is 5.92 Å². The molecule has 106 valence electrons. The molecule has 0 spiro atoms. The third-order valence-electron chi connectivity index (χ3n) is 3.04. The summed E-state index contributed by atoms with van der Waals surface area (Å²) in [6, 6.07) is -0.114. The minimum absolute atomic E-state index is 0.00353. The largest absolute Gasteiger partial charge is 0.394 e. The van der Waals surface area contributed by atoms with Gasteiger partial charge >= 0.3 is 6.03 Å². The molecular formula is C13H26N2O3. The maximum atomic E-state index is 12.0. The zero-order valence-corrected chi connectivity index (χ0v) is 11.7. The Kier molecular flexibility index (Phi) is 6.43. The minimum atomic E-state index is -0.0906. The molecule has 0 aromatic carbocycles. The highest BCUT2D eigenvalue weighted by Crippen LogP contribution is 2.16. The van der Waals surface area contributed by atoms with Crippen LogP contribution in [0.4, 0.5) is 4.79 Å². The second-order valence-electron chi connectivity index (χ2n) is 5.45. The fourth-order valence-corrected chi connectivity index (χ4v) is 2.11. The summed E-state index contributed by atoms with van der Waals surface area (Å²) in [6.45, 7) is 8.15. The highest BCUT2D eigenvalue weighted by atomic mass is 16.5. The van der Waals surface area contributed by atoms with Crippen LogP contribution in [0.25, 0.3) is 0 Å². The second-order valence-corrected chi connectivity index (χ2v) is 5.45. The summed E-state index contributed by atoms with van der Waals surface area (Å²) in [4.78, 5) is 13.7. The Morgan fingerprint density at radius 1 is 1.44 bits per heavy atom. The number of carbonyl (C=O) groups excluding carboxylic acids is 1. The summed E-state index contributed by atoms with van der Waals surface area (Å²) in [7, 11) is 0. The van der Waals surface area contributed by atoms with Crippen LogP contribution < -0.4 is 5.32 Å². The third kappa shape index (κ3) is 4.82. The molecule has 1 heterocycles. The van der Waals surface area contributed by atoms with Crippen molar-refractivity contribution < 1.29 is 14.6 Å². The van der Waals surface area contributed by atoms with Gasteiger partial charge in [0.2, 0.25) is 0 Å². The van der Waals surface area contributed by atoms with E-state index in [1.54, 1.807) is 4.90 Å². The molecule has 0 aliphatic carbocycles. The summed E-state index contributed by atoms with van der Waals surface area (Å²) in [5, 5.41) is 12.1. The standard InChI is InChI=1S/C13H26N2O3/c1-10(2)8-18-9-11(3)14-13(17)15-6-4-5-12(15)7-16/h10-12,16H,4-9H2,1-3H3,(H,14,17). The molecule has 2 amide bonds. The van der Waals surface area contributed by atoms with Gasteiger partial charge in [0.05, 0.1) is 25.3 Å². The lowest BCUT2D eigenvalue weighted by atomic mass is 10.2. The van der Waals surface area contributed by atoms with Crippen molar-refractivity contribution in [2.45, 2.75) is 45.7 Å². The van der Waals surface area contributed by atoms with Crippen LogP contribution in [-0.4, -0.2) is 54.5 Å². The van der Waals surface area contributed by atoms with E-state index in [0.717, 1.165) is 19.4 Å². The van der Waals surface area contributed by atoms with Crippen LogP contribution in [0.1, 0.15) is 33.6 Å². The molecular weight excluding hydrogens is 232 g/mol. The van der Waals surface area contributed by atoms with Gasteiger partial charge in [-0.1, -0.05) is 13.8 Å². The van der Waals surface area contributed by atoms with Crippen molar-refractivity contribution in [2.24, 2.45) is 5.92 Å². The molecule has 2 atom stereocenters. The molecule has 2 unspecified atom stereocenters. The maximum absolute atomic E-state index is 12.0. The Bertz CT molecular complexity index is 259. The predicted molar refractivity (Wildman–Crippen MR) is 70.5 cm³/mol. The number of ether oxygens (including phenoxy) is 1. The second kappa shape index (κ2) is 7.59. The summed E-state index contributed by atoms with van der Waals surface area (Å²) >= 11 is 0. The molecule has 0 saturated carbocycles. The molecule has 0 bridgehead atoms. The third-order valence-corrected chi connectivity index (χ3v) is 3.04. The van der Waals surface area contributed by atoms with Crippen LogP contribution >= 0.6 is 0 Å². The fourth-order valence-electron chi connectivity index (χ4n) is 2.11. The number of aliphatic hydroxyl groups is 1. The molecule has 1 aliphatic rings. The van der Waals surface area contributed by atoms with Crippen LogP contribution in [0.15, 0.2) is 0 Å². The normalized spacial score (nSPS) is 21.4. The first-order valence-corrected chi connectivity index (χ1v) is 6.80. The van der Waals surface area contributed by atoms with Gasteiger partial charge < -0.3 is 20.1 Å². The molecule has 0 radical (unpaired) electrons. The Labute approximate surface area is 109 Å². The van der Waals surface area contributed by atoms with Crippen molar-refractivity contribution in [3.8, 4) is 0 Å². The number of carbonyl (C=O) groups is 1. The number of likely N-dealkylation sites (tertiary alicyclic amines) is 1. The highest BCUT2D eigenvalue weighted by molar-refractivity contribution is 5.75. The molecule has 1 fully saturated rings. The topological polar surface area (TPSA) is 61.8 Å². The summed E-state index contributed by atoms with van der Waals surface area (Å²) < 4.78 is 5.49. The number of urea groups is 1. The average molecular weight is 258 g/mol. The van der Waals surface area contributed by atoms with Gasteiger partial charge in [0, 0.05) is 13.2 Å². The van der Waals surface area contributed by atoms with Gasteiger partial charge in [-0.15, -0.1) is 0 Å². The van der Waals surface area contributed by atoms with Gasteiger partial charge in [0.15, 0.2) is 0 Å². The molecule has 2 N–H and O–H groups in total. The van der Waals surface area contributed by atoms with E-state index in [1.807, 2.05) is 6.92 Å². The quantitative estimate of drug-likeness (QED) is 0.753. The number of amides is 2. The van der Waals surface area contributed by atoms with Gasteiger partial charge in [-0.25, -0.2) is 4.79 Å². The van der Waals surface area contributed by atoms with Crippen molar-refractivity contribution in [2.75, 3.05) is 26.4 Å². The molecule has 5 heteroatoms. The summed E-state index contributed by atoms with van der Waals surface area (Å²) in [5.41, 5.74) is 0. The number of aliphatic hydroxyl groups excluding tert-OH is 1. The SMILES string of the molecule is CC(C)COCC(C)NC(=O)N1CCCC1CO. The Morgan fingerprint density at radius 2 is 2.17 bits per heavy atom.